The van der Waals surface area contributed by atoms with Crippen LogP contribution in [0.2, 0.25) is 0 Å². The molecule has 1 heterocycles. The van der Waals surface area contributed by atoms with E-state index in [0.717, 1.165) is 5.57 Å². The molecule has 5 rings (SSSR count). The maximum Gasteiger partial charge on any atom is 0.374 e. The monoisotopic (exact) mass is 502 g/mol. The molecule has 4 aliphatic carbocycles. The zero-order valence-corrected chi connectivity index (χ0v) is 20.9. The van der Waals surface area contributed by atoms with Crippen LogP contribution >= 0.6 is 11.6 Å². The van der Waals surface area contributed by atoms with Crippen molar-refractivity contribution < 1.29 is 33.8 Å². The zero-order valence-electron chi connectivity index (χ0n) is 20.1. The second kappa shape index (κ2) is 7.89. The quantitative estimate of drug-likeness (QED) is 0.477. The highest BCUT2D eigenvalue weighted by Crippen LogP contribution is 2.71. The van der Waals surface area contributed by atoms with Crippen LogP contribution in [0.15, 0.2) is 46.6 Å². The van der Waals surface area contributed by atoms with Crippen molar-refractivity contribution in [2.24, 2.45) is 28.6 Å². The van der Waals surface area contributed by atoms with Gasteiger partial charge in [0, 0.05) is 10.8 Å². The Morgan fingerprint density at radius 3 is 2.71 bits per heavy atom. The fourth-order valence-electron chi connectivity index (χ4n) is 7.85. The lowest BCUT2D eigenvalue weighted by Gasteiger charge is -2.63. The fourth-order valence-corrected chi connectivity index (χ4v) is 8.37. The molecule has 1 aromatic heterocycles. The van der Waals surface area contributed by atoms with E-state index in [0.29, 0.717) is 19.3 Å². The third-order valence-corrected chi connectivity index (χ3v) is 10.6. The first kappa shape index (κ1) is 24.5. The predicted molar refractivity (Wildman–Crippen MR) is 127 cm³/mol. The molecule has 1 aromatic rings. The number of furan rings is 1. The first-order valence-electron chi connectivity index (χ1n) is 12.2. The lowest BCUT2D eigenvalue weighted by molar-refractivity contribution is -0.179. The first-order valence-corrected chi connectivity index (χ1v) is 12.5. The van der Waals surface area contributed by atoms with E-state index in [1.807, 2.05) is 26.8 Å². The van der Waals surface area contributed by atoms with Crippen molar-refractivity contribution in [1.82, 2.24) is 0 Å². The van der Waals surface area contributed by atoms with Crippen LogP contribution in [0.3, 0.4) is 0 Å². The summed E-state index contributed by atoms with van der Waals surface area (Å²) in [4.78, 5) is 36.6. The van der Waals surface area contributed by atoms with Crippen LogP contribution in [-0.4, -0.2) is 50.9 Å². The standard InChI is InChI=1S/C27H31ClO7/c1-15-11-19-18-7-6-16-12-17(29)8-9-24(16,2)26(18,28)21(30)13-25(19,3)27(15,33)22(31)14-35-23(32)20-5-4-10-34-20/h4-5,8-10,12,15,18-19,21,30,33H,6-7,11,13-14H2,1-3H3/t15-,18-,19-,21-,24-,25-,26-,27+/m0/s1. The lowest BCUT2D eigenvalue weighted by Crippen LogP contribution is -2.69. The summed E-state index contributed by atoms with van der Waals surface area (Å²) < 4.78 is 10.2. The Balaban J connectivity index is 1.46. The maximum atomic E-state index is 13.5. The highest BCUT2D eigenvalue weighted by molar-refractivity contribution is 6.26. The molecule has 2 N–H and O–H groups in total. The molecule has 0 bridgehead atoms. The summed E-state index contributed by atoms with van der Waals surface area (Å²) in [6.07, 6.45) is 7.24. The number of carbonyl (C=O) groups is 3. The molecule has 0 aromatic carbocycles. The normalized spacial score (nSPS) is 44.2. The van der Waals surface area contributed by atoms with Crippen LogP contribution in [0.25, 0.3) is 0 Å². The van der Waals surface area contributed by atoms with Gasteiger partial charge in [-0.25, -0.2) is 4.79 Å². The third-order valence-electron chi connectivity index (χ3n) is 9.70. The number of esters is 1. The largest absolute Gasteiger partial charge is 0.457 e. The van der Waals surface area contributed by atoms with Gasteiger partial charge in [-0.3, -0.25) is 9.59 Å². The number of hydrogen-bond donors (Lipinski definition) is 2. The highest BCUT2D eigenvalue weighted by atomic mass is 35.5. The van der Waals surface area contributed by atoms with Gasteiger partial charge in [0.2, 0.25) is 11.5 Å². The van der Waals surface area contributed by atoms with Gasteiger partial charge in [0.05, 0.1) is 17.2 Å². The molecule has 0 saturated heterocycles. The summed E-state index contributed by atoms with van der Waals surface area (Å²) in [7, 11) is 0. The van der Waals surface area contributed by atoms with Crippen molar-refractivity contribution in [3.05, 3.63) is 48.0 Å². The number of halogens is 1. The van der Waals surface area contributed by atoms with Gasteiger partial charge in [0.1, 0.15) is 5.60 Å². The molecule has 4 aliphatic rings. The number of aliphatic hydroxyl groups excluding tert-OH is 1. The molecule has 0 spiro atoms. The van der Waals surface area contributed by atoms with E-state index in [1.54, 1.807) is 12.1 Å². The molecule has 35 heavy (non-hydrogen) atoms. The van der Waals surface area contributed by atoms with E-state index >= 15 is 0 Å². The number of hydrogen-bond acceptors (Lipinski definition) is 7. The van der Waals surface area contributed by atoms with E-state index in [1.165, 1.54) is 18.4 Å². The van der Waals surface area contributed by atoms with E-state index in [2.05, 4.69) is 0 Å². The number of aliphatic hydroxyl groups is 2. The molecular weight excluding hydrogens is 472 g/mol. The average molecular weight is 503 g/mol. The number of Topliss-reactive ketones (excluding diaryl/α,β-unsaturated/α-hetero) is 1. The van der Waals surface area contributed by atoms with Crippen LogP contribution < -0.4 is 0 Å². The molecule has 0 amide bonds. The van der Waals surface area contributed by atoms with Crippen molar-refractivity contribution in [2.45, 2.75) is 63.0 Å². The van der Waals surface area contributed by atoms with Crippen molar-refractivity contribution in [3.8, 4) is 0 Å². The van der Waals surface area contributed by atoms with Crippen LogP contribution in [0.4, 0.5) is 0 Å². The molecule has 188 valence electrons. The van der Waals surface area contributed by atoms with Gasteiger partial charge in [-0.1, -0.05) is 32.4 Å². The van der Waals surface area contributed by atoms with Crippen molar-refractivity contribution in [1.29, 1.82) is 0 Å². The van der Waals surface area contributed by atoms with E-state index in [-0.39, 0.29) is 29.8 Å². The zero-order chi connectivity index (χ0) is 25.4. The minimum Gasteiger partial charge on any atom is -0.457 e. The fraction of sp³-hybridized carbons (Fsp3) is 0.593. The predicted octanol–water partition coefficient (Wildman–Crippen LogP) is 3.62. The Bertz CT molecular complexity index is 1140. The minimum atomic E-state index is -1.80. The summed E-state index contributed by atoms with van der Waals surface area (Å²) >= 11 is 7.40. The molecule has 3 saturated carbocycles. The number of allylic oxidation sites excluding steroid dienone is 4. The Labute approximate surface area is 209 Å². The smallest absolute Gasteiger partial charge is 0.374 e. The first-order chi connectivity index (χ1) is 16.4. The third kappa shape index (κ3) is 3.07. The summed E-state index contributed by atoms with van der Waals surface area (Å²) in [6.45, 7) is 5.05. The Kier molecular flexibility index (Phi) is 5.52. The highest BCUT2D eigenvalue weighted by Gasteiger charge is 2.74. The number of rotatable bonds is 4. The molecular formula is C27H31ClO7. The number of fused-ring (bicyclic) bond motifs is 5. The molecule has 0 unspecified atom stereocenters. The number of alkyl halides is 1. The van der Waals surface area contributed by atoms with Gasteiger partial charge in [-0.2, -0.15) is 0 Å². The van der Waals surface area contributed by atoms with Gasteiger partial charge < -0.3 is 19.4 Å². The van der Waals surface area contributed by atoms with E-state index in [4.69, 9.17) is 20.8 Å². The average Bonchev–Trinajstić information content (AvgIpc) is 3.41. The van der Waals surface area contributed by atoms with Crippen LogP contribution in [0.5, 0.6) is 0 Å². The van der Waals surface area contributed by atoms with Crippen LogP contribution in [-0.2, 0) is 14.3 Å². The summed E-state index contributed by atoms with van der Waals surface area (Å²) in [5, 5.41) is 23.6. The van der Waals surface area contributed by atoms with Crippen LogP contribution in [0, 0.1) is 28.6 Å². The molecule has 0 radical (unpaired) electrons. The topological polar surface area (TPSA) is 114 Å². The van der Waals surface area contributed by atoms with Crippen LogP contribution in [0.1, 0.15) is 57.0 Å². The second-order valence-electron chi connectivity index (χ2n) is 11.1. The summed E-state index contributed by atoms with van der Waals surface area (Å²) in [5.74, 6) is -2.22. The molecule has 0 aliphatic heterocycles. The second-order valence-corrected chi connectivity index (χ2v) is 11.8. The minimum absolute atomic E-state index is 0.0216. The molecule has 7 nitrogen and oxygen atoms in total. The summed E-state index contributed by atoms with van der Waals surface area (Å²) in [6, 6.07) is 2.98. The summed E-state index contributed by atoms with van der Waals surface area (Å²) in [5.41, 5.74) is -2.55. The molecule has 8 heteroatoms. The lowest BCUT2D eigenvalue weighted by atomic mass is 9.45. The SMILES string of the molecule is C[C@H]1C[C@H]2[C@@H]3CCC4=CC(=O)C=C[C@]4(C)[C@@]3(Cl)[C@@H](O)C[C@]2(C)[C@]1(O)C(=O)COC(=O)c1ccco1. The Morgan fingerprint density at radius 1 is 1.29 bits per heavy atom. The number of ketones is 2. The number of ether oxygens (including phenoxy) is 1. The Morgan fingerprint density at radius 2 is 2.03 bits per heavy atom. The van der Waals surface area contributed by atoms with Crippen molar-refractivity contribution >= 4 is 29.1 Å². The molecule has 3 fully saturated rings. The maximum absolute atomic E-state index is 13.5. The van der Waals surface area contributed by atoms with Gasteiger partial charge in [-0.05, 0) is 67.7 Å². The van der Waals surface area contributed by atoms with Gasteiger partial charge >= 0.3 is 5.97 Å². The van der Waals surface area contributed by atoms with Crippen molar-refractivity contribution in [2.75, 3.05) is 6.61 Å². The van der Waals surface area contributed by atoms with E-state index in [9.17, 15) is 24.6 Å². The molecule has 8 atom stereocenters. The van der Waals surface area contributed by atoms with Gasteiger partial charge in [-0.15, -0.1) is 11.6 Å². The van der Waals surface area contributed by atoms with Gasteiger partial charge in [0.25, 0.3) is 0 Å². The number of carbonyl (C=O) groups excluding carboxylic acids is 3. The Hall–Kier alpha value is -2.22. The van der Waals surface area contributed by atoms with E-state index < -0.39 is 51.7 Å². The van der Waals surface area contributed by atoms with Gasteiger partial charge in [0.15, 0.2) is 12.4 Å². The van der Waals surface area contributed by atoms with Crippen molar-refractivity contribution in [3.63, 3.8) is 0 Å².